The molecule has 0 saturated heterocycles. The summed E-state index contributed by atoms with van der Waals surface area (Å²) in [5, 5.41) is 9.86. The first-order chi connectivity index (χ1) is 9.02. The van der Waals surface area contributed by atoms with Gasteiger partial charge in [-0.25, -0.2) is 9.78 Å². The first-order valence-corrected chi connectivity index (χ1v) is 6.47. The Morgan fingerprint density at radius 1 is 1.37 bits per heavy atom. The van der Waals surface area contributed by atoms with Crippen LogP contribution in [0.2, 0.25) is 10.0 Å². The van der Waals surface area contributed by atoms with Gasteiger partial charge in [0.05, 0.1) is 15.7 Å². The van der Waals surface area contributed by atoms with E-state index in [1.165, 1.54) is 0 Å². The minimum atomic E-state index is -1.12. The smallest absolute Gasteiger partial charge is 0.373 e. The van der Waals surface area contributed by atoms with E-state index in [0.717, 1.165) is 6.42 Å². The normalized spacial score (nSPS) is 10.7. The van der Waals surface area contributed by atoms with Gasteiger partial charge in [0.15, 0.2) is 0 Å². The number of rotatable bonds is 4. The van der Waals surface area contributed by atoms with Crippen LogP contribution >= 0.6 is 23.2 Å². The van der Waals surface area contributed by atoms with E-state index < -0.39 is 5.97 Å². The molecule has 0 aliphatic rings. The maximum Gasteiger partial charge on any atom is 0.373 e. The molecule has 0 aliphatic heterocycles. The molecule has 1 heterocycles. The summed E-state index contributed by atoms with van der Waals surface area (Å²) in [6.07, 6.45) is 1.33. The van der Waals surface area contributed by atoms with Gasteiger partial charge < -0.3 is 9.52 Å². The van der Waals surface area contributed by atoms with Crippen LogP contribution < -0.4 is 0 Å². The predicted molar refractivity (Wildman–Crippen MR) is 72.9 cm³/mol. The van der Waals surface area contributed by atoms with Gasteiger partial charge in [-0.1, -0.05) is 36.5 Å². The maximum absolute atomic E-state index is 11.1. The van der Waals surface area contributed by atoms with Crippen molar-refractivity contribution >= 4 is 29.2 Å². The first-order valence-electron chi connectivity index (χ1n) is 5.71. The molecule has 0 aliphatic carbocycles. The summed E-state index contributed by atoms with van der Waals surface area (Å²) >= 11 is 11.7. The monoisotopic (exact) mass is 299 g/mol. The molecule has 0 fully saturated rings. The molecule has 2 aromatic rings. The summed E-state index contributed by atoms with van der Waals surface area (Å²) in [6, 6.07) is 4.89. The SMILES string of the molecule is CCCc1nc(-c2ccc(Cl)c(Cl)c2)oc1C(=O)O. The molecule has 0 atom stereocenters. The Bertz CT molecular complexity index is 622. The van der Waals surface area contributed by atoms with Gasteiger partial charge in [0, 0.05) is 5.56 Å². The van der Waals surface area contributed by atoms with Gasteiger partial charge in [-0.05, 0) is 24.6 Å². The Hall–Kier alpha value is -1.52. The minimum absolute atomic E-state index is 0.122. The molecule has 1 N–H and O–H groups in total. The lowest BCUT2D eigenvalue weighted by Gasteiger charge is -1.98. The fourth-order valence-corrected chi connectivity index (χ4v) is 1.98. The number of aromatic carboxylic acids is 1. The largest absolute Gasteiger partial charge is 0.475 e. The molecule has 2 rings (SSSR count). The molecule has 0 bridgehead atoms. The molecular formula is C13H11Cl2NO3. The number of benzene rings is 1. The summed E-state index contributed by atoms with van der Waals surface area (Å²) in [4.78, 5) is 15.3. The quantitative estimate of drug-likeness (QED) is 0.914. The Labute approximate surface area is 120 Å². The molecule has 0 spiro atoms. The van der Waals surface area contributed by atoms with E-state index in [1.54, 1.807) is 18.2 Å². The Balaban J connectivity index is 2.47. The number of carbonyl (C=O) groups is 1. The van der Waals surface area contributed by atoms with E-state index in [0.29, 0.717) is 27.7 Å². The number of carboxylic acids is 1. The zero-order valence-electron chi connectivity index (χ0n) is 10.1. The van der Waals surface area contributed by atoms with Crippen LogP contribution in [0.5, 0.6) is 0 Å². The van der Waals surface area contributed by atoms with E-state index in [-0.39, 0.29) is 11.7 Å². The highest BCUT2D eigenvalue weighted by Crippen LogP contribution is 2.29. The second-order valence-corrected chi connectivity index (χ2v) is 4.79. The molecule has 1 aromatic carbocycles. The number of carboxylic acid groups (broad SMARTS) is 1. The average molecular weight is 300 g/mol. The molecular weight excluding hydrogens is 289 g/mol. The molecule has 0 unspecified atom stereocenters. The highest BCUT2D eigenvalue weighted by atomic mass is 35.5. The van der Waals surface area contributed by atoms with E-state index >= 15 is 0 Å². The maximum atomic E-state index is 11.1. The van der Waals surface area contributed by atoms with Crippen LogP contribution in [0.4, 0.5) is 0 Å². The predicted octanol–water partition coefficient (Wildman–Crippen LogP) is 4.30. The van der Waals surface area contributed by atoms with Crippen LogP contribution in [0.3, 0.4) is 0 Å². The van der Waals surface area contributed by atoms with Crippen LogP contribution in [-0.4, -0.2) is 16.1 Å². The van der Waals surface area contributed by atoms with E-state index in [2.05, 4.69) is 4.98 Å². The van der Waals surface area contributed by atoms with Crippen molar-refractivity contribution in [2.75, 3.05) is 0 Å². The van der Waals surface area contributed by atoms with Gasteiger partial charge in [-0.15, -0.1) is 0 Å². The summed E-state index contributed by atoms with van der Waals surface area (Å²) in [5.74, 6) is -1.01. The van der Waals surface area contributed by atoms with Crippen LogP contribution in [0.25, 0.3) is 11.5 Å². The summed E-state index contributed by atoms with van der Waals surface area (Å²) in [7, 11) is 0. The molecule has 0 radical (unpaired) electrons. The molecule has 4 nitrogen and oxygen atoms in total. The van der Waals surface area contributed by atoms with Crippen LogP contribution in [0.15, 0.2) is 22.6 Å². The number of nitrogens with zero attached hydrogens (tertiary/aromatic N) is 1. The molecule has 0 amide bonds. The summed E-state index contributed by atoms with van der Waals surface area (Å²) in [6.45, 7) is 1.94. The molecule has 1 aromatic heterocycles. The Morgan fingerprint density at radius 2 is 2.11 bits per heavy atom. The van der Waals surface area contributed by atoms with Crippen molar-refractivity contribution in [2.45, 2.75) is 19.8 Å². The summed E-state index contributed by atoms with van der Waals surface area (Å²) < 4.78 is 5.30. The lowest BCUT2D eigenvalue weighted by Crippen LogP contribution is -1.99. The second-order valence-electron chi connectivity index (χ2n) is 3.98. The van der Waals surface area contributed by atoms with Crippen molar-refractivity contribution in [1.29, 1.82) is 0 Å². The third kappa shape index (κ3) is 2.91. The van der Waals surface area contributed by atoms with E-state index in [9.17, 15) is 4.79 Å². The molecule has 19 heavy (non-hydrogen) atoms. The Morgan fingerprint density at radius 3 is 2.68 bits per heavy atom. The van der Waals surface area contributed by atoms with Gasteiger partial charge >= 0.3 is 5.97 Å². The van der Waals surface area contributed by atoms with Gasteiger partial charge in [-0.3, -0.25) is 0 Å². The second kappa shape index (κ2) is 5.63. The molecule has 100 valence electrons. The van der Waals surface area contributed by atoms with Crippen molar-refractivity contribution in [3.63, 3.8) is 0 Å². The van der Waals surface area contributed by atoms with Gasteiger partial charge in [0.25, 0.3) is 0 Å². The number of aryl methyl sites for hydroxylation is 1. The highest BCUT2D eigenvalue weighted by Gasteiger charge is 2.19. The van der Waals surface area contributed by atoms with Crippen LogP contribution in [-0.2, 0) is 6.42 Å². The summed E-state index contributed by atoms with van der Waals surface area (Å²) in [5.41, 5.74) is 1.04. The van der Waals surface area contributed by atoms with Gasteiger partial charge in [0.2, 0.25) is 11.7 Å². The lowest BCUT2D eigenvalue weighted by atomic mass is 10.2. The van der Waals surface area contributed by atoms with Gasteiger partial charge in [0.1, 0.15) is 0 Å². The van der Waals surface area contributed by atoms with Crippen molar-refractivity contribution in [3.8, 4) is 11.5 Å². The first kappa shape index (κ1) is 13.9. The van der Waals surface area contributed by atoms with Crippen molar-refractivity contribution in [1.82, 2.24) is 4.98 Å². The number of oxazole rings is 1. The Kier molecular flexibility index (Phi) is 4.12. The zero-order valence-corrected chi connectivity index (χ0v) is 11.6. The molecule has 6 heteroatoms. The fraction of sp³-hybridized carbons (Fsp3) is 0.231. The van der Waals surface area contributed by atoms with Crippen LogP contribution in [0.1, 0.15) is 29.6 Å². The van der Waals surface area contributed by atoms with Crippen molar-refractivity contribution in [2.24, 2.45) is 0 Å². The minimum Gasteiger partial charge on any atom is -0.475 e. The number of halogens is 2. The number of hydrogen-bond donors (Lipinski definition) is 1. The van der Waals surface area contributed by atoms with E-state index in [1.807, 2.05) is 6.92 Å². The number of hydrogen-bond acceptors (Lipinski definition) is 3. The third-order valence-corrected chi connectivity index (χ3v) is 3.28. The zero-order chi connectivity index (χ0) is 14.0. The van der Waals surface area contributed by atoms with E-state index in [4.69, 9.17) is 32.7 Å². The van der Waals surface area contributed by atoms with Crippen LogP contribution in [0, 0.1) is 0 Å². The highest BCUT2D eigenvalue weighted by molar-refractivity contribution is 6.42. The van der Waals surface area contributed by atoms with Crippen molar-refractivity contribution in [3.05, 3.63) is 39.7 Å². The van der Waals surface area contributed by atoms with Gasteiger partial charge in [-0.2, -0.15) is 0 Å². The molecule has 0 saturated carbocycles. The lowest BCUT2D eigenvalue weighted by molar-refractivity contribution is 0.0661. The van der Waals surface area contributed by atoms with Crippen molar-refractivity contribution < 1.29 is 14.3 Å². The topological polar surface area (TPSA) is 63.3 Å². The average Bonchev–Trinajstić information content (AvgIpc) is 2.77. The standard InChI is InChI=1S/C13H11Cl2NO3/c1-2-3-10-11(13(17)18)19-12(16-10)7-4-5-8(14)9(15)6-7/h4-6H,2-3H2,1H3,(H,17,18). The number of aromatic nitrogens is 1. The third-order valence-electron chi connectivity index (χ3n) is 2.54. The fourth-order valence-electron chi connectivity index (χ4n) is 1.68.